The number of hydrogen-bond acceptors (Lipinski definition) is 4. The molecular formula is C57H36N4S. The normalized spacial score (nSPS) is 14.7. The van der Waals surface area contributed by atoms with Gasteiger partial charge in [-0.25, -0.2) is 15.0 Å². The lowest BCUT2D eigenvalue weighted by Crippen LogP contribution is -2.03. The standard InChI is InChI=1S/C57H36N4S/c1-4-17-37(18-5-1)40-33-34-52-49(36-40)45-25-10-12-31-50(45)61(52)51-32-13-11-26-48(51)57-59-55(39-21-8-3-9-22-39)58-56(60-57)42-24-14-23-41(35-42)44-28-16-30-47-46-29-15-27-43(53(46)62-54(44)47)38-19-6-2-7-20-38/h1-36H/i1D,3D,8D,9D,10D,17D,18D,21D,22D,25D,31D,33D,34D,36D. The molecule has 0 fully saturated rings. The summed E-state index contributed by atoms with van der Waals surface area (Å²) in [4.78, 5) is 14.7. The van der Waals surface area contributed by atoms with Gasteiger partial charge in [0.2, 0.25) is 0 Å². The van der Waals surface area contributed by atoms with Gasteiger partial charge in [-0.2, -0.15) is 0 Å². The van der Waals surface area contributed by atoms with E-state index < -0.39 is 48.3 Å². The van der Waals surface area contributed by atoms with Gasteiger partial charge < -0.3 is 4.57 Å². The molecular weight excluding hydrogens is 773 g/mol. The van der Waals surface area contributed by atoms with E-state index in [9.17, 15) is 6.85 Å². The molecule has 0 aliphatic rings. The molecule has 12 rings (SSSR count). The van der Waals surface area contributed by atoms with Gasteiger partial charge in [-0.3, -0.25) is 0 Å². The number of nitrogens with zero attached hydrogens (tertiary/aromatic N) is 4. The van der Waals surface area contributed by atoms with Crippen molar-refractivity contribution < 1.29 is 19.2 Å². The van der Waals surface area contributed by atoms with E-state index in [1.165, 1.54) is 22.8 Å². The summed E-state index contributed by atoms with van der Waals surface area (Å²) >= 11 is 1.69. The molecule has 0 saturated carbocycles. The largest absolute Gasteiger partial charge is 0.309 e. The minimum Gasteiger partial charge on any atom is -0.309 e. The smallest absolute Gasteiger partial charge is 0.166 e. The van der Waals surface area contributed by atoms with Crippen LogP contribution < -0.4 is 0 Å². The summed E-state index contributed by atoms with van der Waals surface area (Å²) in [5, 5.41) is 2.05. The maximum atomic E-state index is 9.66. The fourth-order valence-electron chi connectivity index (χ4n) is 8.06. The summed E-state index contributed by atoms with van der Waals surface area (Å²) < 4.78 is 129. The lowest BCUT2D eigenvalue weighted by atomic mass is 9.99. The van der Waals surface area contributed by atoms with Gasteiger partial charge in [-0.15, -0.1) is 11.3 Å². The first-order valence-corrected chi connectivity index (χ1v) is 20.5. The third kappa shape index (κ3) is 6.09. The fourth-order valence-corrected chi connectivity index (χ4v) is 9.43. The van der Waals surface area contributed by atoms with Crippen LogP contribution in [-0.4, -0.2) is 19.5 Å². The van der Waals surface area contributed by atoms with E-state index in [1.807, 2.05) is 48.5 Å². The Balaban J connectivity index is 1.12. The Bertz CT molecular complexity index is 4430. The first kappa shape index (κ1) is 24.3. The van der Waals surface area contributed by atoms with Gasteiger partial charge in [-0.05, 0) is 69.7 Å². The van der Waals surface area contributed by atoms with Crippen molar-refractivity contribution in [2.75, 3.05) is 0 Å². The molecule has 3 aromatic heterocycles. The first-order chi connectivity index (χ1) is 36.5. The summed E-state index contributed by atoms with van der Waals surface area (Å²) in [6.45, 7) is 0. The summed E-state index contributed by atoms with van der Waals surface area (Å²) in [5.41, 5.74) is 4.07. The summed E-state index contributed by atoms with van der Waals surface area (Å²) in [5.74, 6) is -0.249. The number of para-hydroxylation sites is 2. The Kier molecular flexibility index (Phi) is 5.85. The zero-order valence-electron chi connectivity index (χ0n) is 46.4. The van der Waals surface area contributed by atoms with Gasteiger partial charge in [0, 0.05) is 47.6 Å². The second-order valence-electron chi connectivity index (χ2n) is 14.4. The molecule has 0 atom stereocenters. The predicted octanol–water partition coefficient (Wildman–Crippen LogP) is 15.3. The van der Waals surface area contributed by atoms with E-state index in [0.717, 1.165) is 42.4 Å². The molecule has 9 aromatic carbocycles. The highest BCUT2D eigenvalue weighted by atomic mass is 32.1. The molecule has 0 amide bonds. The summed E-state index contributed by atoms with van der Waals surface area (Å²) in [6.07, 6.45) is 0. The Labute approximate surface area is 382 Å². The van der Waals surface area contributed by atoms with Crippen molar-refractivity contribution in [2.45, 2.75) is 0 Å². The molecule has 0 N–H and O–H groups in total. The molecule has 0 saturated heterocycles. The quantitative estimate of drug-likeness (QED) is 0.161. The molecule has 0 spiro atoms. The number of aromatic nitrogens is 4. The molecule has 0 aliphatic carbocycles. The summed E-state index contributed by atoms with van der Waals surface area (Å²) in [7, 11) is 0. The van der Waals surface area contributed by atoms with E-state index in [4.69, 9.17) is 27.3 Å². The molecule has 3 heterocycles. The van der Waals surface area contributed by atoms with Crippen molar-refractivity contribution in [1.82, 2.24) is 19.5 Å². The summed E-state index contributed by atoms with van der Waals surface area (Å²) in [6, 6.07) is 34.2. The minimum absolute atomic E-state index is 0.000161. The highest BCUT2D eigenvalue weighted by molar-refractivity contribution is 7.26. The maximum absolute atomic E-state index is 9.66. The second kappa shape index (κ2) is 14.9. The minimum atomic E-state index is -0.608. The second-order valence-corrected chi connectivity index (χ2v) is 15.5. The Hall–Kier alpha value is -7.99. The van der Waals surface area contributed by atoms with Crippen LogP contribution in [0, 0.1) is 0 Å². The van der Waals surface area contributed by atoms with Crippen molar-refractivity contribution in [1.29, 1.82) is 0 Å². The zero-order valence-corrected chi connectivity index (χ0v) is 33.2. The molecule has 0 radical (unpaired) electrons. The van der Waals surface area contributed by atoms with Gasteiger partial charge >= 0.3 is 0 Å². The van der Waals surface area contributed by atoms with Crippen LogP contribution in [0.25, 0.3) is 115 Å². The average molecular weight is 823 g/mol. The SMILES string of the molecule is [2H]c1cc([2H])c(-c2c([2H])c([2H])c3c(c2[2H])c2c([2H])c([2H])cc([2H])c2n3-c2ccccc2-c2nc(-c3cccc(-c4cccc5c4sc4c(-c6ccccc6)cccc45)c3)nc(-c3c([2H])c([2H])c([2H])c([2H])c3[2H])n2)c([2H])c1. The number of thiophene rings is 1. The van der Waals surface area contributed by atoms with E-state index in [2.05, 4.69) is 36.4 Å². The molecule has 12 aromatic rings. The van der Waals surface area contributed by atoms with Crippen LogP contribution in [0.15, 0.2) is 218 Å². The number of hydrogen-bond donors (Lipinski definition) is 0. The molecule has 0 unspecified atom stereocenters. The first-order valence-electron chi connectivity index (χ1n) is 26.7. The van der Waals surface area contributed by atoms with Crippen molar-refractivity contribution in [2.24, 2.45) is 0 Å². The monoisotopic (exact) mass is 822 g/mol. The molecule has 290 valence electrons. The molecule has 62 heavy (non-hydrogen) atoms. The van der Waals surface area contributed by atoms with Crippen molar-refractivity contribution >= 4 is 53.3 Å². The van der Waals surface area contributed by atoms with Crippen LogP contribution in [-0.2, 0) is 0 Å². The lowest BCUT2D eigenvalue weighted by molar-refractivity contribution is 1.06. The average Bonchev–Trinajstić information content (AvgIpc) is 4.02. The Morgan fingerprint density at radius 2 is 1.00 bits per heavy atom. The van der Waals surface area contributed by atoms with E-state index >= 15 is 0 Å². The van der Waals surface area contributed by atoms with Crippen LogP contribution in [0.3, 0.4) is 0 Å². The van der Waals surface area contributed by atoms with Crippen LogP contribution in [0.4, 0.5) is 0 Å². The van der Waals surface area contributed by atoms with Crippen LogP contribution in [0.2, 0.25) is 0 Å². The number of benzene rings is 9. The third-order valence-corrected chi connectivity index (χ3v) is 12.1. The van der Waals surface area contributed by atoms with Crippen LogP contribution in [0.1, 0.15) is 19.2 Å². The topological polar surface area (TPSA) is 43.6 Å². The van der Waals surface area contributed by atoms with Crippen molar-refractivity contribution in [3.8, 4) is 73.2 Å². The van der Waals surface area contributed by atoms with Crippen LogP contribution in [0.5, 0.6) is 0 Å². The molecule has 0 aliphatic heterocycles. The van der Waals surface area contributed by atoms with Gasteiger partial charge in [-0.1, -0.05) is 182 Å². The lowest BCUT2D eigenvalue weighted by Gasteiger charge is -2.15. The van der Waals surface area contributed by atoms with Crippen molar-refractivity contribution in [3.05, 3.63) is 218 Å². The van der Waals surface area contributed by atoms with Crippen molar-refractivity contribution in [3.63, 3.8) is 0 Å². The van der Waals surface area contributed by atoms with E-state index in [0.29, 0.717) is 5.56 Å². The fraction of sp³-hybridized carbons (Fsp3) is 0. The predicted molar refractivity (Wildman–Crippen MR) is 260 cm³/mol. The molecule has 5 heteroatoms. The Morgan fingerprint density at radius 3 is 1.81 bits per heavy atom. The van der Waals surface area contributed by atoms with Gasteiger partial charge in [0.1, 0.15) is 0 Å². The van der Waals surface area contributed by atoms with Gasteiger partial charge in [0.25, 0.3) is 0 Å². The zero-order chi connectivity index (χ0) is 53.2. The van der Waals surface area contributed by atoms with E-state index in [-0.39, 0.29) is 103 Å². The van der Waals surface area contributed by atoms with E-state index in [1.54, 1.807) is 41.7 Å². The van der Waals surface area contributed by atoms with Crippen LogP contribution >= 0.6 is 11.3 Å². The third-order valence-electron chi connectivity index (χ3n) is 10.8. The number of fused-ring (bicyclic) bond motifs is 6. The highest BCUT2D eigenvalue weighted by Crippen LogP contribution is 2.44. The Morgan fingerprint density at radius 1 is 0.371 bits per heavy atom. The molecule has 0 bridgehead atoms. The van der Waals surface area contributed by atoms with Gasteiger partial charge in [0.05, 0.1) is 35.9 Å². The maximum Gasteiger partial charge on any atom is 0.166 e. The number of rotatable bonds is 7. The van der Waals surface area contributed by atoms with Gasteiger partial charge in [0.15, 0.2) is 17.5 Å². The molecule has 4 nitrogen and oxygen atoms in total. The highest BCUT2D eigenvalue weighted by Gasteiger charge is 2.20.